The van der Waals surface area contributed by atoms with Gasteiger partial charge in [0.1, 0.15) is 6.04 Å². The number of carbonyl (C=O) groups excluding carboxylic acids is 2. The van der Waals surface area contributed by atoms with Crippen molar-refractivity contribution in [2.24, 2.45) is 5.73 Å². The molecule has 0 saturated carbocycles. The summed E-state index contributed by atoms with van der Waals surface area (Å²) >= 11 is 4.65. The smallest absolute Gasteiger partial charge is 0.323 e. The fraction of sp³-hybridized carbons (Fsp3) is 0.385. The van der Waals surface area contributed by atoms with Crippen LogP contribution in [0.15, 0.2) is 28.7 Å². The van der Waals surface area contributed by atoms with Crippen molar-refractivity contribution in [1.29, 1.82) is 0 Å². The van der Waals surface area contributed by atoms with Crippen LogP contribution >= 0.6 is 27.7 Å². The molecule has 19 heavy (non-hydrogen) atoms. The van der Waals surface area contributed by atoms with Gasteiger partial charge in [0.2, 0.25) is 0 Å². The van der Waals surface area contributed by atoms with Crippen LogP contribution in [-0.2, 0) is 9.53 Å². The second kappa shape index (κ2) is 8.35. The van der Waals surface area contributed by atoms with E-state index in [0.717, 1.165) is 4.47 Å². The Balaban J connectivity index is 2.35. The summed E-state index contributed by atoms with van der Waals surface area (Å²) in [6.07, 6.45) is 0. The SMILES string of the molecule is CCOC(=O)[C@H](N)CSCC(=O)c1ccc(Br)cc1. The van der Waals surface area contributed by atoms with Crippen LogP contribution in [0.2, 0.25) is 0 Å². The van der Waals surface area contributed by atoms with Gasteiger partial charge in [0.15, 0.2) is 5.78 Å². The van der Waals surface area contributed by atoms with E-state index < -0.39 is 12.0 Å². The number of ketones is 1. The number of halogens is 1. The van der Waals surface area contributed by atoms with Crippen LogP contribution in [0.1, 0.15) is 17.3 Å². The molecule has 104 valence electrons. The zero-order valence-corrected chi connectivity index (χ0v) is 13.0. The largest absolute Gasteiger partial charge is 0.465 e. The quantitative estimate of drug-likeness (QED) is 0.606. The van der Waals surface area contributed by atoms with E-state index in [1.807, 2.05) is 12.1 Å². The molecule has 0 spiro atoms. The van der Waals surface area contributed by atoms with Crippen molar-refractivity contribution in [1.82, 2.24) is 0 Å². The van der Waals surface area contributed by atoms with E-state index in [9.17, 15) is 9.59 Å². The van der Waals surface area contributed by atoms with Crippen LogP contribution in [0.4, 0.5) is 0 Å². The molecule has 2 N–H and O–H groups in total. The Labute approximate surface area is 125 Å². The predicted molar refractivity (Wildman–Crippen MR) is 80.4 cm³/mol. The van der Waals surface area contributed by atoms with E-state index in [4.69, 9.17) is 10.5 Å². The Bertz CT molecular complexity index is 436. The number of ether oxygens (including phenoxy) is 1. The van der Waals surface area contributed by atoms with Crippen molar-refractivity contribution >= 4 is 39.4 Å². The second-order valence-corrected chi connectivity index (χ2v) is 5.75. The average Bonchev–Trinajstić information content (AvgIpc) is 2.39. The van der Waals surface area contributed by atoms with Gasteiger partial charge in [0, 0.05) is 15.8 Å². The minimum Gasteiger partial charge on any atom is -0.465 e. The number of rotatable bonds is 7. The summed E-state index contributed by atoms with van der Waals surface area (Å²) in [6.45, 7) is 2.05. The minimum atomic E-state index is -0.678. The van der Waals surface area contributed by atoms with Gasteiger partial charge in [-0.05, 0) is 19.1 Å². The molecule has 0 fully saturated rings. The highest BCUT2D eigenvalue weighted by Crippen LogP contribution is 2.13. The molecule has 1 aromatic rings. The Morgan fingerprint density at radius 3 is 2.58 bits per heavy atom. The fourth-order valence-electron chi connectivity index (χ4n) is 1.32. The van der Waals surface area contributed by atoms with Gasteiger partial charge in [-0.2, -0.15) is 11.8 Å². The number of carbonyl (C=O) groups is 2. The van der Waals surface area contributed by atoms with Gasteiger partial charge < -0.3 is 10.5 Å². The lowest BCUT2D eigenvalue weighted by molar-refractivity contribution is -0.144. The molecule has 1 rings (SSSR count). The third-order valence-corrected chi connectivity index (χ3v) is 3.88. The second-order valence-electron chi connectivity index (χ2n) is 3.80. The van der Waals surface area contributed by atoms with E-state index in [1.54, 1.807) is 19.1 Å². The highest BCUT2D eigenvalue weighted by molar-refractivity contribution is 9.10. The maximum atomic E-state index is 11.8. The molecule has 4 nitrogen and oxygen atoms in total. The van der Waals surface area contributed by atoms with Crippen molar-refractivity contribution in [3.63, 3.8) is 0 Å². The van der Waals surface area contributed by atoms with E-state index >= 15 is 0 Å². The van der Waals surface area contributed by atoms with Crippen LogP contribution < -0.4 is 5.73 Å². The third kappa shape index (κ3) is 5.76. The molecular formula is C13H16BrNO3S. The summed E-state index contributed by atoms with van der Waals surface area (Å²) in [4.78, 5) is 23.1. The molecule has 0 amide bonds. The van der Waals surface area contributed by atoms with Crippen LogP contribution in [0.5, 0.6) is 0 Å². The topological polar surface area (TPSA) is 69.4 Å². The molecule has 0 saturated heterocycles. The van der Waals surface area contributed by atoms with Gasteiger partial charge in [-0.15, -0.1) is 0 Å². The summed E-state index contributed by atoms with van der Waals surface area (Å²) in [5, 5.41) is 0. The van der Waals surface area contributed by atoms with E-state index in [-0.39, 0.29) is 5.78 Å². The average molecular weight is 346 g/mol. The molecule has 1 atom stereocenters. The first-order valence-corrected chi connectivity index (χ1v) is 7.78. The van der Waals surface area contributed by atoms with Crippen LogP contribution in [0.25, 0.3) is 0 Å². The van der Waals surface area contributed by atoms with E-state index in [0.29, 0.717) is 23.7 Å². The number of hydrogen-bond acceptors (Lipinski definition) is 5. The Kier molecular flexibility index (Phi) is 7.12. The third-order valence-electron chi connectivity index (χ3n) is 2.29. The van der Waals surface area contributed by atoms with Gasteiger partial charge >= 0.3 is 5.97 Å². The maximum Gasteiger partial charge on any atom is 0.323 e. The molecule has 0 aliphatic heterocycles. The lowest BCUT2D eigenvalue weighted by Gasteiger charge is -2.09. The summed E-state index contributed by atoms with van der Waals surface area (Å²) in [5.74, 6) is 0.273. The first-order valence-electron chi connectivity index (χ1n) is 5.83. The standard InChI is InChI=1S/C13H16BrNO3S/c1-2-18-13(17)11(15)7-19-8-12(16)9-3-5-10(14)6-4-9/h3-6,11H,2,7-8,15H2,1H3/t11-/m1/s1. The first kappa shape index (κ1) is 16.2. The maximum absolute atomic E-state index is 11.8. The number of benzene rings is 1. The number of Topliss-reactive ketones (excluding diaryl/α,β-unsaturated/α-hetero) is 1. The zero-order chi connectivity index (χ0) is 14.3. The van der Waals surface area contributed by atoms with Crippen molar-refractivity contribution in [3.05, 3.63) is 34.3 Å². The predicted octanol–water partition coefficient (Wildman–Crippen LogP) is 2.26. The monoisotopic (exact) mass is 345 g/mol. The number of esters is 1. The molecule has 1 aromatic carbocycles. The first-order chi connectivity index (χ1) is 9.04. The van der Waals surface area contributed by atoms with E-state index in [2.05, 4.69) is 15.9 Å². The number of hydrogen-bond donors (Lipinski definition) is 1. The van der Waals surface area contributed by atoms with Crippen molar-refractivity contribution < 1.29 is 14.3 Å². The molecule has 0 aromatic heterocycles. The summed E-state index contributed by atoms with van der Waals surface area (Å²) in [6, 6.07) is 6.49. The highest BCUT2D eigenvalue weighted by atomic mass is 79.9. The summed E-state index contributed by atoms with van der Waals surface area (Å²) in [5.41, 5.74) is 6.29. The van der Waals surface area contributed by atoms with Gasteiger partial charge in [-0.1, -0.05) is 28.1 Å². The van der Waals surface area contributed by atoms with Crippen molar-refractivity contribution in [2.45, 2.75) is 13.0 Å². The van der Waals surface area contributed by atoms with Gasteiger partial charge in [-0.3, -0.25) is 9.59 Å². The molecule has 0 aliphatic carbocycles. The van der Waals surface area contributed by atoms with Gasteiger partial charge in [-0.25, -0.2) is 0 Å². The Hall–Kier alpha value is -0.850. The van der Waals surface area contributed by atoms with E-state index in [1.165, 1.54) is 11.8 Å². The zero-order valence-electron chi connectivity index (χ0n) is 10.6. The number of thioether (sulfide) groups is 1. The minimum absolute atomic E-state index is 0.0218. The highest BCUT2D eigenvalue weighted by Gasteiger charge is 2.15. The van der Waals surface area contributed by atoms with Gasteiger partial charge in [0.25, 0.3) is 0 Å². The molecule has 6 heteroatoms. The summed E-state index contributed by atoms with van der Waals surface area (Å²) in [7, 11) is 0. The molecule has 0 heterocycles. The van der Waals surface area contributed by atoms with Crippen molar-refractivity contribution in [3.8, 4) is 0 Å². The van der Waals surface area contributed by atoms with Crippen LogP contribution in [0.3, 0.4) is 0 Å². The van der Waals surface area contributed by atoms with Crippen LogP contribution in [0, 0.1) is 0 Å². The molecule has 0 radical (unpaired) electrons. The normalized spacial score (nSPS) is 11.9. The van der Waals surface area contributed by atoms with Gasteiger partial charge in [0.05, 0.1) is 12.4 Å². The van der Waals surface area contributed by atoms with Crippen molar-refractivity contribution in [2.75, 3.05) is 18.1 Å². The number of nitrogens with two attached hydrogens (primary N) is 1. The van der Waals surface area contributed by atoms with Crippen LogP contribution in [-0.4, -0.2) is 35.9 Å². The molecule has 0 bridgehead atoms. The molecule has 0 aliphatic rings. The Morgan fingerprint density at radius 1 is 1.37 bits per heavy atom. The Morgan fingerprint density at radius 2 is 2.00 bits per heavy atom. The molecular weight excluding hydrogens is 330 g/mol. The summed E-state index contributed by atoms with van der Waals surface area (Å²) < 4.78 is 5.72. The lowest BCUT2D eigenvalue weighted by atomic mass is 10.2. The fourth-order valence-corrected chi connectivity index (χ4v) is 2.44. The lowest BCUT2D eigenvalue weighted by Crippen LogP contribution is -2.34. The molecule has 0 unspecified atom stereocenters.